The first-order chi connectivity index (χ1) is 12.6. The maximum Gasteiger partial charge on any atom is 0.306 e. The number of carbonyl (C=O) groups is 1. The summed E-state index contributed by atoms with van der Waals surface area (Å²) >= 11 is 0. The van der Waals surface area contributed by atoms with Gasteiger partial charge in [0.05, 0.1) is 0 Å². The van der Waals surface area contributed by atoms with Gasteiger partial charge in [0, 0.05) is 12.3 Å². The van der Waals surface area contributed by atoms with Crippen molar-refractivity contribution in [2.45, 2.75) is 116 Å². The molecule has 4 atom stereocenters. The van der Waals surface area contributed by atoms with E-state index in [2.05, 4.69) is 13.8 Å². The fourth-order valence-corrected chi connectivity index (χ4v) is 3.26. The largest absolute Gasteiger partial charge is 0.457 e. The summed E-state index contributed by atoms with van der Waals surface area (Å²) in [6.45, 7) is 4.31. The topological polar surface area (TPSA) is 85.2 Å². The Morgan fingerprint density at radius 3 is 2.19 bits per heavy atom. The van der Waals surface area contributed by atoms with Gasteiger partial charge in [0.1, 0.15) is 0 Å². The smallest absolute Gasteiger partial charge is 0.306 e. The Labute approximate surface area is 158 Å². The van der Waals surface area contributed by atoms with Crippen LogP contribution in [0.3, 0.4) is 0 Å². The molecule has 6 nitrogen and oxygen atoms in total. The highest BCUT2D eigenvalue weighted by atomic mass is 17.2. The summed E-state index contributed by atoms with van der Waals surface area (Å²) in [6, 6.07) is 0. The molecule has 1 aliphatic rings. The second-order valence-electron chi connectivity index (χ2n) is 7.35. The lowest BCUT2D eigenvalue weighted by molar-refractivity contribution is -0.447. The van der Waals surface area contributed by atoms with Crippen molar-refractivity contribution in [3.8, 4) is 0 Å². The van der Waals surface area contributed by atoms with Crippen molar-refractivity contribution >= 4 is 5.97 Å². The number of rotatable bonds is 12. The molecule has 0 radical (unpaired) electrons. The third-order valence-electron chi connectivity index (χ3n) is 4.99. The predicted molar refractivity (Wildman–Crippen MR) is 98.9 cm³/mol. The van der Waals surface area contributed by atoms with E-state index in [0.29, 0.717) is 19.3 Å². The summed E-state index contributed by atoms with van der Waals surface area (Å²) < 4.78 is 5.40. The van der Waals surface area contributed by atoms with E-state index in [4.69, 9.17) is 14.5 Å². The van der Waals surface area contributed by atoms with Gasteiger partial charge in [-0.05, 0) is 25.7 Å². The average Bonchev–Trinajstić information content (AvgIpc) is 2.63. The molecule has 6 heteroatoms. The van der Waals surface area contributed by atoms with E-state index in [1.54, 1.807) is 0 Å². The lowest BCUT2D eigenvalue weighted by Gasteiger charge is -2.30. The fourth-order valence-electron chi connectivity index (χ4n) is 3.26. The van der Waals surface area contributed by atoms with Gasteiger partial charge in [0.25, 0.3) is 0 Å². The standard InChI is InChI=1S/C20H38O6/c1-3-5-7-9-11-13-18(21)24-17-15-14-16(12-10-8-6-4-2)19(22)25-26-20(17)23/h16-17,19-20,22-23H,3-15H2,1-2H3. The first-order valence-corrected chi connectivity index (χ1v) is 10.5. The molecular weight excluding hydrogens is 336 g/mol. The Hall–Kier alpha value is -0.690. The highest BCUT2D eigenvalue weighted by Gasteiger charge is 2.32. The summed E-state index contributed by atoms with van der Waals surface area (Å²) in [7, 11) is 0. The first kappa shape index (κ1) is 23.3. The molecule has 1 saturated heterocycles. The molecule has 1 aliphatic heterocycles. The molecule has 0 aromatic heterocycles. The van der Waals surface area contributed by atoms with Crippen LogP contribution in [0.2, 0.25) is 0 Å². The van der Waals surface area contributed by atoms with Gasteiger partial charge < -0.3 is 14.9 Å². The molecule has 1 rings (SSSR count). The molecule has 0 aromatic rings. The van der Waals surface area contributed by atoms with Crippen LogP contribution in [0.1, 0.15) is 97.3 Å². The van der Waals surface area contributed by atoms with Crippen LogP contribution in [0.5, 0.6) is 0 Å². The van der Waals surface area contributed by atoms with Gasteiger partial charge in [-0.1, -0.05) is 65.2 Å². The first-order valence-electron chi connectivity index (χ1n) is 10.5. The normalized spacial score (nSPS) is 26.9. The van der Waals surface area contributed by atoms with Crippen LogP contribution >= 0.6 is 0 Å². The highest BCUT2D eigenvalue weighted by Crippen LogP contribution is 2.26. The van der Waals surface area contributed by atoms with Crippen LogP contribution in [0.15, 0.2) is 0 Å². The number of hydrogen-bond acceptors (Lipinski definition) is 6. The van der Waals surface area contributed by atoms with Crippen LogP contribution < -0.4 is 0 Å². The van der Waals surface area contributed by atoms with Crippen LogP contribution in [-0.4, -0.2) is 34.9 Å². The van der Waals surface area contributed by atoms with Gasteiger partial charge in [-0.3, -0.25) is 4.79 Å². The lowest BCUT2D eigenvalue weighted by Crippen LogP contribution is -2.39. The molecular formula is C20H38O6. The van der Waals surface area contributed by atoms with E-state index in [1.807, 2.05) is 0 Å². The lowest BCUT2D eigenvalue weighted by atomic mass is 9.93. The fraction of sp³-hybridized carbons (Fsp3) is 0.950. The minimum atomic E-state index is -1.37. The molecule has 0 spiro atoms. The highest BCUT2D eigenvalue weighted by molar-refractivity contribution is 5.69. The summed E-state index contributed by atoms with van der Waals surface area (Å²) in [6.07, 6.45) is 8.89. The zero-order valence-corrected chi connectivity index (χ0v) is 16.5. The second-order valence-corrected chi connectivity index (χ2v) is 7.35. The van der Waals surface area contributed by atoms with E-state index in [0.717, 1.165) is 44.9 Å². The molecule has 2 N–H and O–H groups in total. The molecule has 0 aliphatic carbocycles. The van der Waals surface area contributed by atoms with Gasteiger partial charge in [0.15, 0.2) is 12.4 Å². The third kappa shape index (κ3) is 9.86. The van der Waals surface area contributed by atoms with E-state index >= 15 is 0 Å². The van der Waals surface area contributed by atoms with Crippen molar-refractivity contribution in [1.29, 1.82) is 0 Å². The SMILES string of the molecule is CCCCCCCC(=O)OC1CCC(CCCCCC)C(O)OOC1O. The van der Waals surface area contributed by atoms with E-state index in [1.165, 1.54) is 19.3 Å². The summed E-state index contributed by atoms with van der Waals surface area (Å²) in [5.41, 5.74) is 0. The van der Waals surface area contributed by atoms with Crippen molar-refractivity contribution in [3.63, 3.8) is 0 Å². The van der Waals surface area contributed by atoms with Crippen molar-refractivity contribution in [2.24, 2.45) is 5.92 Å². The summed E-state index contributed by atoms with van der Waals surface area (Å²) in [5.74, 6) is -0.385. The Morgan fingerprint density at radius 2 is 1.50 bits per heavy atom. The zero-order valence-electron chi connectivity index (χ0n) is 16.5. The van der Waals surface area contributed by atoms with E-state index < -0.39 is 18.7 Å². The van der Waals surface area contributed by atoms with Gasteiger partial charge in [-0.15, -0.1) is 0 Å². The Bertz CT molecular complexity index is 362. The van der Waals surface area contributed by atoms with E-state index in [9.17, 15) is 15.0 Å². The molecule has 1 fully saturated rings. The van der Waals surface area contributed by atoms with Gasteiger partial charge >= 0.3 is 5.97 Å². The Morgan fingerprint density at radius 1 is 0.885 bits per heavy atom. The number of aliphatic hydroxyl groups is 2. The number of aliphatic hydroxyl groups excluding tert-OH is 2. The number of unbranched alkanes of at least 4 members (excludes halogenated alkanes) is 7. The quantitative estimate of drug-likeness (QED) is 0.302. The van der Waals surface area contributed by atoms with Gasteiger partial charge in [-0.25, -0.2) is 4.89 Å². The number of carbonyl (C=O) groups excluding carboxylic acids is 1. The maximum absolute atomic E-state index is 12.0. The molecule has 0 bridgehead atoms. The number of hydrogen-bond donors (Lipinski definition) is 2. The van der Waals surface area contributed by atoms with Crippen molar-refractivity contribution in [1.82, 2.24) is 0 Å². The average molecular weight is 375 g/mol. The minimum Gasteiger partial charge on any atom is -0.457 e. The van der Waals surface area contributed by atoms with E-state index in [-0.39, 0.29) is 11.9 Å². The number of esters is 1. The van der Waals surface area contributed by atoms with Crippen LogP contribution in [0.4, 0.5) is 0 Å². The monoisotopic (exact) mass is 374 g/mol. The number of ether oxygens (including phenoxy) is 1. The van der Waals surface area contributed by atoms with Crippen LogP contribution in [0.25, 0.3) is 0 Å². The summed E-state index contributed by atoms with van der Waals surface area (Å²) in [5, 5.41) is 20.0. The van der Waals surface area contributed by atoms with Crippen molar-refractivity contribution in [2.75, 3.05) is 0 Å². The Balaban J connectivity index is 2.36. The maximum atomic E-state index is 12.0. The molecule has 0 saturated carbocycles. The third-order valence-corrected chi connectivity index (χ3v) is 4.99. The summed E-state index contributed by atoms with van der Waals surface area (Å²) in [4.78, 5) is 21.8. The molecule has 0 amide bonds. The zero-order chi connectivity index (χ0) is 19.2. The van der Waals surface area contributed by atoms with Crippen LogP contribution in [-0.2, 0) is 19.3 Å². The second kappa shape index (κ2) is 14.4. The molecule has 154 valence electrons. The Kier molecular flexibility index (Phi) is 12.9. The van der Waals surface area contributed by atoms with Crippen LogP contribution in [0, 0.1) is 5.92 Å². The van der Waals surface area contributed by atoms with Crippen molar-refractivity contribution < 1.29 is 29.5 Å². The molecule has 26 heavy (non-hydrogen) atoms. The van der Waals surface area contributed by atoms with Gasteiger partial charge in [0.2, 0.25) is 6.29 Å². The predicted octanol–water partition coefficient (Wildman–Crippen LogP) is 4.22. The molecule has 1 heterocycles. The minimum absolute atomic E-state index is 0.0744. The molecule has 4 unspecified atom stereocenters. The van der Waals surface area contributed by atoms with Gasteiger partial charge in [-0.2, -0.15) is 4.89 Å². The molecule has 0 aromatic carbocycles. The van der Waals surface area contributed by atoms with Crippen molar-refractivity contribution in [3.05, 3.63) is 0 Å².